The van der Waals surface area contributed by atoms with Gasteiger partial charge < -0.3 is 10.0 Å². The van der Waals surface area contributed by atoms with Gasteiger partial charge in [0, 0.05) is 5.92 Å². The van der Waals surface area contributed by atoms with E-state index in [0.29, 0.717) is 5.92 Å². The number of aliphatic hydroxyl groups excluding tert-OH is 1. The van der Waals surface area contributed by atoms with Crippen molar-refractivity contribution in [3.05, 3.63) is 0 Å². The van der Waals surface area contributed by atoms with Crippen molar-refractivity contribution in [2.75, 3.05) is 20.1 Å². The van der Waals surface area contributed by atoms with E-state index in [9.17, 15) is 5.11 Å². The van der Waals surface area contributed by atoms with E-state index < -0.39 is 0 Å². The lowest BCUT2D eigenvalue weighted by Crippen LogP contribution is -3.12. The van der Waals surface area contributed by atoms with Crippen molar-refractivity contribution in [2.24, 2.45) is 5.92 Å². The van der Waals surface area contributed by atoms with E-state index in [1.54, 1.807) is 0 Å². The molecule has 0 aliphatic carbocycles. The Hall–Kier alpha value is -0.0800. The van der Waals surface area contributed by atoms with Crippen LogP contribution in [0.4, 0.5) is 0 Å². The van der Waals surface area contributed by atoms with Gasteiger partial charge in [-0.1, -0.05) is 6.92 Å². The molecule has 0 bridgehead atoms. The van der Waals surface area contributed by atoms with Gasteiger partial charge in [0.05, 0.1) is 13.6 Å². The Morgan fingerprint density at radius 2 is 2.11 bits per heavy atom. The van der Waals surface area contributed by atoms with Crippen molar-refractivity contribution in [2.45, 2.75) is 19.4 Å². The molecule has 1 fully saturated rings. The van der Waals surface area contributed by atoms with Crippen molar-refractivity contribution in [1.82, 2.24) is 0 Å². The number of nitrogens with one attached hydrogen (secondary N) is 1. The molecule has 0 aromatic heterocycles. The SMILES string of the molecule is C[C@@H]1C[C@@H](O)C[NH+](C)C1. The van der Waals surface area contributed by atoms with Gasteiger partial charge >= 0.3 is 0 Å². The van der Waals surface area contributed by atoms with E-state index in [1.807, 2.05) is 0 Å². The van der Waals surface area contributed by atoms with Crippen molar-refractivity contribution >= 4 is 0 Å². The van der Waals surface area contributed by atoms with Crippen LogP contribution in [0.15, 0.2) is 0 Å². The molecule has 2 heteroatoms. The summed E-state index contributed by atoms with van der Waals surface area (Å²) in [5.74, 6) is 0.703. The third-order valence-electron chi connectivity index (χ3n) is 1.96. The second-order valence-corrected chi connectivity index (χ2v) is 3.36. The van der Waals surface area contributed by atoms with Gasteiger partial charge in [0.15, 0.2) is 0 Å². The molecule has 1 saturated heterocycles. The summed E-state index contributed by atoms with van der Waals surface area (Å²) < 4.78 is 0. The highest BCUT2D eigenvalue weighted by Gasteiger charge is 2.22. The molecular weight excluding hydrogens is 114 g/mol. The third-order valence-corrected chi connectivity index (χ3v) is 1.96. The fraction of sp³-hybridized carbons (Fsp3) is 1.00. The summed E-state index contributed by atoms with van der Waals surface area (Å²) in [6.45, 7) is 4.35. The molecule has 1 heterocycles. The first-order valence-corrected chi connectivity index (χ1v) is 3.68. The van der Waals surface area contributed by atoms with E-state index in [1.165, 1.54) is 11.4 Å². The zero-order valence-corrected chi connectivity index (χ0v) is 6.22. The summed E-state index contributed by atoms with van der Waals surface area (Å²) in [6, 6.07) is 0. The molecule has 0 radical (unpaired) electrons. The van der Waals surface area contributed by atoms with Gasteiger partial charge in [0.1, 0.15) is 12.6 Å². The predicted octanol–water partition coefficient (Wildman–Crippen LogP) is -1.10. The zero-order valence-electron chi connectivity index (χ0n) is 6.22. The lowest BCUT2D eigenvalue weighted by atomic mass is 9.99. The molecule has 54 valence electrons. The minimum absolute atomic E-state index is 0.0475. The monoisotopic (exact) mass is 130 g/mol. The molecule has 1 unspecified atom stereocenters. The Morgan fingerprint density at radius 1 is 1.44 bits per heavy atom. The average Bonchev–Trinajstić information content (AvgIpc) is 1.59. The van der Waals surface area contributed by atoms with Crippen molar-refractivity contribution in [3.63, 3.8) is 0 Å². The van der Waals surface area contributed by atoms with Gasteiger partial charge in [-0.3, -0.25) is 0 Å². The van der Waals surface area contributed by atoms with Crippen LogP contribution < -0.4 is 4.90 Å². The van der Waals surface area contributed by atoms with Gasteiger partial charge in [-0.2, -0.15) is 0 Å². The van der Waals surface area contributed by atoms with Crippen LogP contribution in [0.25, 0.3) is 0 Å². The van der Waals surface area contributed by atoms with Crippen LogP contribution in [0.2, 0.25) is 0 Å². The topological polar surface area (TPSA) is 24.7 Å². The molecular formula is C7H16NO+. The standard InChI is InChI=1S/C7H15NO/c1-6-3-7(9)5-8(2)4-6/h6-7,9H,3-5H2,1-2H3/p+1/t6-,7-/m1/s1. The van der Waals surface area contributed by atoms with Crippen LogP contribution in [0.5, 0.6) is 0 Å². The van der Waals surface area contributed by atoms with E-state index >= 15 is 0 Å². The van der Waals surface area contributed by atoms with Crippen LogP contribution in [-0.2, 0) is 0 Å². The Labute approximate surface area is 56.5 Å². The maximum atomic E-state index is 9.23. The minimum atomic E-state index is -0.0475. The molecule has 0 aromatic carbocycles. The summed E-state index contributed by atoms with van der Waals surface area (Å²) in [4.78, 5) is 1.46. The molecule has 1 aliphatic rings. The highest BCUT2D eigenvalue weighted by atomic mass is 16.3. The molecule has 0 saturated carbocycles. The first-order valence-electron chi connectivity index (χ1n) is 3.68. The number of likely N-dealkylation sites (N-methyl/N-ethyl adjacent to an activating group) is 1. The second kappa shape index (κ2) is 2.67. The average molecular weight is 130 g/mol. The normalized spacial score (nSPS) is 45.0. The van der Waals surface area contributed by atoms with Crippen LogP contribution in [0, 0.1) is 5.92 Å². The van der Waals surface area contributed by atoms with Crippen molar-refractivity contribution in [1.29, 1.82) is 0 Å². The number of quaternary nitrogens is 1. The first-order chi connectivity index (χ1) is 4.18. The molecule has 9 heavy (non-hydrogen) atoms. The van der Waals surface area contributed by atoms with E-state index in [-0.39, 0.29) is 6.10 Å². The van der Waals surface area contributed by atoms with E-state index in [2.05, 4.69) is 14.0 Å². The van der Waals surface area contributed by atoms with Crippen molar-refractivity contribution < 1.29 is 10.0 Å². The van der Waals surface area contributed by atoms with E-state index in [4.69, 9.17) is 0 Å². The zero-order chi connectivity index (χ0) is 6.85. The molecule has 2 nitrogen and oxygen atoms in total. The van der Waals surface area contributed by atoms with Crippen LogP contribution >= 0.6 is 0 Å². The molecule has 1 aliphatic heterocycles. The maximum absolute atomic E-state index is 9.23. The fourth-order valence-electron chi connectivity index (χ4n) is 1.71. The highest BCUT2D eigenvalue weighted by molar-refractivity contribution is 4.63. The van der Waals surface area contributed by atoms with Crippen molar-refractivity contribution in [3.8, 4) is 0 Å². The maximum Gasteiger partial charge on any atom is 0.103 e. The number of hydrogen-bond donors (Lipinski definition) is 2. The second-order valence-electron chi connectivity index (χ2n) is 3.36. The summed E-state index contributed by atoms with van der Waals surface area (Å²) in [5, 5.41) is 9.23. The van der Waals surface area contributed by atoms with E-state index in [0.717, 1.165) is 13.0 Å². The molecule has 0 spiro atoms. The summed E-state index contributed by atoms with van der Waals surface area (Å²) in [7, 11) is 2.14. The lowest BCUT2D eigenvalue weighted by molar-refractivity contribution is -0.892. The number of rotatable bonds is 0. The first kappa shape index (κ1) is 7.03. The third kappa shape index (κ3) is 1.95. The van der Waals surface area contributed by atoms with Crippen LogP contribution in [0.3, 0.4) is 0 Å². The quantitative estimate of drug-likeness (QED) is 0.427. The number of likely N-dealkylation sites (tertiary alicyclic amines) is 1. The smallest absolute Gasteiger partial charge is 0.103 e. The van der Waals surface area contributed by atoms with Crippen LogP contribution in [0.1, 0.15) is 13.3 Å². The molecule has 3 atom stereocenters. The van der Waals surface area contributed by atoms with Gasteiger partial charge in [-0.05, 0) is 6.42 Å². The summed E-state index contributed by atoms with van der Waals surface area (Å²) in [5.41, 5.74) is 0. The molecule has 2 N–H and O–H groups in total. The minimum Gasteiger partial charge on any atom is -0.387 e. The van der Waals surface area contributed by atoms with Crippen LogP contribution in [-0.4, -0.2) is 31.3 Å². The van der Waals surface area contributed by atoms with Gasteiger partial charge in [0.2, 0.25) is 0 Å². The largest absolute Gasteiger partial charge is 0.387 e. The Morgan fingerprint density at radius 3 is 2.56 bits per heavy atom. The van der Waals surface area contributed by atoms with Gasteiger partial charge in [-0.25, -0.2) is 0 Å². The summed E-state index contributed by atoms with van der Waals surface area (Å²) in [6.07, 6.45) is 0.950. The molecule has 0 aromatic rings. The highest BCUT2D eigenvalue weighted by Crippen LogP contribution is 2.05. The lowest BCUT2D eigenvalue weighted by Gasteiger charge is -2.27. The number of hydrogen-bond acceptors (Lipinski definition) is 1. The fourth-order valence-corrected chi connectivity index (χ4v) is 1.71. The Kier molecular flexibility index (Phi) is 2.09. The summed E-state index contributed by atoms with van der Waals surface area (Å²) >= 11 is 0. The number of piperidine rings is 1. The molecule has 1 rings (SSSR count). The molecule has 0 amide bonds. The Bertz CT molecular complexity index is 69.9. The number of aliphatic hydroxyl groups is 1. The Balaban J connectivity index is 2.34. The van der Waals surface area contributed by atoms with Gasteiger partial charge in [0.25, 0.3) is 0 Å². The van der Waals surface area contributed by atoms with Gasteiger partial charge in [-0.15, -0.1) is 0 Å². The predicted molar refractivity (Wildman–Crippen MR) is 36.4 cm³/mol.